The number of hydrazine groups is 1. The first-order chi connectivity index (χ1) is 8.70. The van der Waals surface area contributed by atoms with Crippen LogP contribution >= 0.6 is 23.2 Å². The molecule has 0 fully saturated rings. The zero-order valence-electron chi connectivity index (χ0n) is 9.48. The standard InChI is InChI=1S/C12H12Cl2N4/c13-10-2-1-8(3-11(10)14)4-12(18-15)9-5-16-7-17-6-9/h1-3,5-7,12,18H,4,15H2. The summed E-state index contributed by atoms with van der Waals surface area (Å²) in [4.78, 5) is 7.95. The molecule has 0 aliphatic heterocycles. The van der Waals surface area contributed by atoms with Crippen LogP contribution in [0, 0.1) is 0 Å². The highest BCUT2D eigenvalue weighted by Gasteiger charge is 2.11. The van der Waals surface area contributed by atoms with E-state index in [0.29, 0.717) is 16.5 Å². The van der Waals surface area contributed by atoms with Crippen LogP contribution in [0.15, 0.2) is 36.9 Å². The van der Waals surface area contributed by atoms with Gasteiger partial charge < -0.3 is 0 Å². The molecule has 2 aromatic rings. The number of halogens is 2. The summed E-state index contributed by atoms with van der Waals surface area (Å²) in [6, 6.07) is 5.46. The van der Waals surface area contributed by atoms with Crippen LogP contribution in [0.4, 0.5) is 0 Å². The van der Waals surface area contributed by atoms with Crippen molar-refractivity contribution in [1.82, 2.24) is 15.4 Å². The molecule has 0 aliphatic carbocycles. The van der Waals surface area contributed by atoms with Crippen molar-refractivity contribution in [2.24, 2.45) is 5.84 Å². The fraction of sp³-hybridized carbons (Fsp3) is 0.167. The monoisotopic (exact) mass is 282 g/mol. The lowest BCUT2D eigenvalue weighted by atomic mass is 10.0. The number of nitrogens with zero attached hydrogens (tertiary/aromatic N) is 2. The Morgan fingerprint density at radius 3 is 2.50 bits per heavy atom. The molecule has 1 atom stereocenters. The van der Waals surface area contributed by atoms with Crippen LogP contribution in [0.3, 0.4) is 0 Å². The Bertz CT molecular complexity index is 519. The lowest BCUT2D eigenvalue weighted by Crippen LogP contribution is -2.29. The highest BCUT2D eigenvalue weighted by Crippen LogP contribution is 2.25. The van der Waals surface area contributed by atoms with Crippen molar-refractivity contribution in [3.63, 3.8) is 0 Å². The van der Waals surface area contributed by atoms with E-state index >= 15 is 0 Å². The average molecular weight is 283 g/mol. The van der Waals surface area contributed by atoms with Gasteiger partial charge in [-0.3, -0.25) is 11.3 Å². The van der Waals surface area contributed by atoms with Gasteiger partial charge in [0.2, 0.25) is 0 Å². The van der Waals surface area contributed by atoms with Gasteiger partial charge in [-0.05, 0) is 24.1 Å². The van der Waals surface area contributed by atoms with E-state index in [9.17, 15) is 0 Å². The number of hydrogen-bond acceptors (Lipinski definition) is 4. The van der Waals surface area contributed by atoms with Crippen molar-refractivity contribution < 1.29 is 0 Å². The first kappa shape index (κ1) is 13.2. The summed E-state index contributed by atoms with van der Waals surface area (Å²) < 4.78 is 0. The third-order valence-corrected chi connectivity index (χ3v) is 3.35. The van der Waals surface area contributed by atoms with Crippen LogP contribution in [0.2, 0.25) is 10.0 Å². The zero-order valence-corrected chi connectivity index (χ0v) is 11.0. The van der Waals surface area contributed by atoms with Gasteiger partial charge >= 0.3 is 0 Å². The number of rotatable bonds is 4. The van der Waals surface area contributed by atoms with Crippen molar-refractivity contribution >= 4 is 23.2 Å². The Morgan fingerprint density at radius 2 is 1.89 bits per heavy atom. The van der Waals surface area contributed by atoms with Gasteiger partial charge in [0, 0.05) is 18.0 Å². The largest absolute Gasteiger partial charge is 0.271 e. The van der Waals surface area contributed by atoms with Gasteiger partial charge in [-0.2, -0.15) is 0 Å². The second kappa shape index (κ2) is 6.11. The van der Waals surface area contributed by atoms with Crippen molar-refractivity contribution in [1.29, 1.82) is 0 Å². The molecule has 3 N–H and O–H groups in total. The maximum atomic E-state index is 5.98. The van der Waals surface area contributed by atoms with E-state index in [0.717, 1.165) is 11.1 Å². The number of hydrogen-bond donors (Lipinski definition) is 2. The van der Waals surface area contributed by atoms with E-state index in [4.69, 9.17) is 29.0 Å². The zero-order chi connectivity index (χ0) is 13.0. The third kappa shape index (κ3) is 3.17. The van der Waals surface area contributed by atoms with Gasteiger partial charge in [-0.1, -0.05) is 29.3 Å². The molecule has 1 aromatic carbocycles. The summed E-state index contributed by atoms with van der Waals surface area (Å²) in [7, 11) is 0. The molecule has 1 aromatic heterocycles. The number of nitrogens with two attached hydrogens (primary N) is 1. The molecule has 0 saturated heterocycles. The van der Waals surface area contributed by atoms with E-state index in [-0.39, 0.29) is 6.04 Å². The van der Waals surface area contributed by atoms with Crippen LogP contribution in [-0.2, 0) is 6.42 Å². The summed E-state index contributed by atoms with van der Waals surface area (Å²) in [6.45, 7) is 0. The lowest BCUT2D eigenvalue weighted by Gasteiger charge is -2.15. The van der Waals surface area contributed by atoms with Crippen LogP contribution in [0.25, 0.3) is 0 Å². The Balaban J connectivity index is 2.18. The molecule has 18 heavy (non-hydrogen) atoms. The normalized spacial score (nSPS) is 12.4. The minimum Gasteiger partial charge on any atom is -0.271 e. The first-order valence-electron chi connectivity index (χ1n) is 5.35. The quantitative estimate of drug-likeness (QED) is 0.668. The molecule has 4 nitrogen and oxygen atoms in total. The van der Waals surface area contributed by atoms with E-state index in [1.807, 2.05) is 12.1 Å². The van der Waals surface area contributed by atoms with Gasteiger partial charge in [0.25, 0.3) is 0 Å². The Kier molecular flexibility index (Phi) is 4.49. The molecule has 94 valence electrons. The molecular formula is C12H12Cl2N4. The smallest absolute Gasteiger partial charge is 0.115 e. The first-order valence-corrected chi connectivity index (χ1v) is 6.11. The number of nitrogens with one attached hydrogen (secondary N) is 1. The van der Waals surface area contributed by atoms with Crippen LogP contribution in [0.5, 0.6) is 0 Å². The average Bonchev–Trinajstić information content (AvgIpc) is 2.41. The molecular weight excluding hydrogens is 271 g/mol. The molecule has 6 heteroatoms. The fourth-order valence-electron chi connectivity index (χ4n) is 1.67. The maximum Gasteiger partial charge on any atom is 0.115 e. The minimum atomic E-state index is -0.0663. The predicted molar refractivity (Wildman–Crippen MR) is 72.3 cm³/mol. The lowest BCUT2D eigenvalue weighted by molar-refractivity contribution is 0.548. The molecule has 0 bridgehead atoms. The van der Waals surface area contributed by atoms with Gasteiger partial charge in [-0.25, -0.2) is 9.97 Å². The second-order valence-corrected chi connectivity index (χ2v) is 4.66. The summed E-state index contributed by atoms with van der Waals surface area (Å²) in [5.41, 5.74) is 4.71. The second-order valence-electron chi connectivity index (χ2n) is 3.84. The molecule has 2 rings (SSSR count). The van der Waals surface area contributed by atoms with E-state index in [2.05, 4.69) is 15.4 Å². The van der Waals surface area contributed by atoms with Gasteiger partial charge in [0.1, 0.15) is 6.33 Å². The molecule has 0 radical (unpaired) electrons. The van der Waals surface area contributed by atoms with Crippen molar-refractivity contribution in [2.45, 2.75) is 12.5 Å². The Hall–Kier alpha value is -1.20. The third-order valence-electron chi connectivity index (χ3n) is 2.61. The molecule has 0 spiro atoms. The highest BCUT2D eigenvalue weighted by molar-refractivity contribution is 6.42. The Labute approximate surface area is 115 Å². The molecule has 0 aliphatic rings. The van der Waals surface area contributed by atoms with Gasteiger partial charge in [0.05, 0.1) is 16.1 Å². The number of benzene rings is 1. The minimum absolute atomic E-state index is 0.0663. The maximum absolute atomic E-state index is 5.98. The van der Waals surface area contributed by atoms with Crippen LogP contribution in [-0.4, -0.2) is 9.97 Å². The SMILES string of the molecule is NNC(Cc1ccc(Cl)c(Cl)c1)c1cncnc1. The van der Waals surface area contributed by atoms with Crippen molar-refractivity contribution in [3.8, 4) is 0 Å². The number of aromatic nitrogens is 2. The summed E-state index contributed by atoms with van der Waals surface area (Å²) in [6.07, 6.45) is 5.63. The fourth-order valence-corrected chi connectivity index (χ4v) is 1.99. The van der Waals surface area contributed by atoms with E-state index in [1.165, 1.54) is 6.33 Å². The van der Waals surface area contributed by atoms with E-state index in [1.54, 1.807) is 18.5 Å². The Morgan fingerprint density at radius 1 is 1.17 bits per heavy atom. The summed E-state index contributed by atoms with van der Waals surface area (Å²) in [5, 5.41) is 1.08. The molecule has 1 heterocycles. The van der Waals surface area contributed by atoms with Crippen LogP contribution < -0.4 is 11.3 Å². The van der Waals surface area contributed by atoms with E-state index < -0.39 is 0 Å². The van der Waals surface area contributed by atoms with Crippen molar-refractivity contribution in [3.05, 3.63) is 58.1 Å². The molecule has 1 unspecified atom stereocenters. The highest BCUT2D eigenvalue weighted by atomic mass is 35.5. The predicted octanol–water partition coefficient (Wildman–Crippen LogP) is 2.53. The van der Waals surface area contributed by atoms with Gasteiger partial charge in [-0.15, -0.1) is 0 Å². The molecule has 0 amide bonds. The summed E-state index contributed by atoms with van der Waals surface area (Å²) in [5.74, 6) is 5.56. The van der Waals surface area contributed by atoms with Crippen LogP contribution in [0.1, 0.15) is 17.2 Å². The topological polar surface area (TPSA) is 63.8 Å². The summed E-state index contributed by atoms with van der Waals surface area (Å²) >= 11 is 11.9. The molecule has 0 saturated carbocycles. The van der Waals surface area contributed by atoms with Gasteiger partial charge in [0.15, 0.2) is 0 Å². The van der Waals surface area contributed by atoms with Crippen molar-refractivity contribution in [2.75, 3.05) is 0 Å².